The molecule has 0 bridgehead atoms. The number of aliphatic hydroxyl groups excluding tert-OH is 4. The number of aromatic nitrogens is 2. The number of hydrogen-bond donors (Lipinski definition) is 4. The summed E-state index contributed by atoms with van der Waals surface area (Å²) in [7, 11) is 1.58. The fourth-order valence-electron chi connectivity index (χ4n) is 4.21. The van der Waals surface area contributed by atoms with Gasteiger partial charge in [-0.1, -0.05) is 12.1 Å². The van der Waals surface area contributed by atoms with E-state index in [0.29, 0.717) is 29.0 Å². The topological polar surface area (TPSA) is 126 Å². The predicted molar refractivity (Wildman–Crippen MR) is 128 cm³/mol. The predicted octanol–water partition coefficient (Wildman–Crippen LogP) is 2.05. The van der Waals surface area contributed by atoms with Crippen molar-refractivity contribution in [2.24, 2.45) is 0 Å². The van der Waals surface area contributed by atoms with E-state index < -0.39 is 37.3 Å². The van der Waals surface area contributed by atoms with Gasteiger partial charge in [-0.2, -0.15) is 0 Å². The average molecular weight is 503 g/mol. The Kier molecular flexibility index (Phi) is 7.91. The highest BCUT2D eigenvalue weighted by Crippen LogP contribution is 2.36. The van der Waals surface area contributed by atoms with E-state index in [0.717, 1.165) is 5.56 Å². The Morgan fingerprint density at radius 3 is 2.25 bits per heavy atom. The normalized spacial score (nSPS) is 24.2. The summed E-state index contributed by atoms with van der Waals surface area (Å²) in [6.45, 7) is 3.30. The van der Waals surface area contributed by atoms with Gasteiger partial charge < -0.3 is 34.6 Å². The van der Waals surface area contributed by atoms with Crippen LogP contribution in [0.5, 0.6) is 11.6 Å². The summed E-state index contributed by atoms with van der Waals surface area (Å²) in [6.07, 6.45) is -6.83. The molecule has 5 atom stereocenters. The smallest absolute Gasteiger partial charge is 0.239 e. The van der Waals surface area contributed by atoms with Crippen LogP contribution in [0, 0.1) is 5.82 Å². The van der Waals surface area contributed by atoms with Crippen LogP contribution >= 0.6 is 0 Å². The third-order valence-electron chi connectivity index (χ3n) is 6.19. The molecule has 1 aromatic heterocycles. The van der Waals surface area contributed by atoms with Gasteiger partial charge in [0, 0.05) is 23.6 Å². The van der Waals surface area contributed by atoms with Crippen molar-refractivity contribution in [3.63, 3.8) is 0 Å². The number of nitrogens with zero attached hydrogens (tertiary/aromatic N) is 2. The second kappa shape index (κ2) is 10.9. The van der Waals surface area contributed by atoms with Crippen LogP contribution in [0.25, 0.3) is 11.3 Å². The van der Waals surface area contributed by atoms with Crippen molar-refractivity contribution in [3.8, 4) is 22.9 Å². The fourth-order valence-corrected chi connectivity index (χ4v) is 4.21. The van der Waals surface area contributed by atoms with Gasteiger partial charge in [-0.25, -0.2) is 4.39 Å². The van der Waals surface area contributed by atoms with E-state index in [-0.39, 0.29) is 17.7 Å². The third-order valence-corrected chi connectivity index (χ3v) is 6.19. The van der Waals surface area contributed by atoms with Crippen LogP contribution < -0.4 is 9.47 Å². The number of halogens is 1. The Labute approximate surface area is 208 Å². The number of rotatable bonds is 8. The molecule has 1 saturated heterocycles. The molecule has 0 unspecified atom stereocenters. The zero-order valence-electron chi connectivity index (χ0n) is 20.3. The minimum Gasteiger partial charge on any atom is -0.497 e. The highest BCUT2D eigenvalue weighted by atomic mass is 19.1. The van der Waals surface area contributed by atoms with Crippen LogP contribution in [0.2, 0.25) is 0 Å². The van der Waals surface area contributed by atoms with Gasteiger partial charge in [0.1, 0.15) is 36.0 Å². The fraction of sp³-hybridized carbons (Fsp3) is 0.423. The monoisotopic (exact) mass is 502 g/mol. The van der Waals surface area contributed by atoms with Crippen LogP contribution in [-0.2, 0) is 11.2 Å². The molecule has 36 heavy (non-hydrogen) atoms. The van der Waals surface area contributed by atoms with Crippen LogP contribution in [0.3, 0.4) is 0 Å². The molecule has 0 spiro atoms. The molecule has 9 nitrogen and oxygen atoms in total. The van der Waals surface area contributed by atoms with E-state index in [2.05, 4.69) is 5.10 Å². The maximum Gasteiger partial charge on any atom is 0.239 e. The molecule has 0 radical (unpaired) electrons. The van der Waals surface area contributed by atoms with Gasteiger partial charge >= 0.3 is 0 Å². The molecule has 0 aliphatic carbocycles. The lowest BCUT2D eigenvalue weighted by atomic mass is 9.99. The molecule has 4 rings (SSSR count). The van der Waals surface area contributed by atoms with Crippen LogP contribution in [0.15, 0.2) is 48.5 Å². The number of benzene rings is 2. The summed E-state index contributed by atoms with van der Waals surface area (Å²) in [5, 5.41) is 45.0. The second-order valence-corrected chi connectivity index (χ2v) is 9.02. The molecule has 4 N–H and O–H groups in total. The molecule has 3 aromatic rings. The number of methoxy groups -OCH3 is 1. The first-order valence-electron chi connectivity index (χ1n) is 11.7. The summed E-state index contributed by atoms with van der Waals surface area (Å²) < 4.78 is 32.3. The minimum atomic E-state index is -1.59. The maximum absolute atomic E-state index is 13.7. The Hall–Kier alpha value is -3.02. The molecular weight excluding hydrogens is 471 g/mol. The molecule has 0 amide bonds. The van der Waals surface area contributed by atoms with Crippen LogP contribution in [0.1, 0.15) is 31.0 Å². The van der Waals surface area contributed by atoms with Gasteiger partial charge in [0.15, 0.2) is 0 Å². The zero-order chi connectivity index (χ0) is 26.0. The van der Waals surface area contributed by atoms with Crippen molar-refractivity contribution in [2.45, 2.75) is 57.0 Å². The van der Waals surface area contributed by atoms with Crippen molar-refractivity contribution in [3.05, 3.63) is 65.5 Å². The molecule has 10 heteroatoms. The van der Waals surface area contributed by atoms with Crippen molar-refractivity contribution in [2.75, 3.05) is 13.7 Å². The van der Waals surface area contributed by atoms with Gasteiger partial charge in [-0.3, -0.25) is 4.68 Å². The Balaban J connectivity index is 1.79. The molecular formula is C26H31FN2O7. The summed E-state index contributed by atoms with van der Waals surface area (Å²) in [5.41, 5.74) is 2.98. The van der Waals surface area contributed by atoms with E-state index in [1.165, 1.54) is 12.1 Å². The van der Waals surface area contributed by atoms with E-state index in [9.17, 15) is 24.8 Å². The minimum absolute atomic E-state index is 0.105. The van der Waals surface area contributed by atoms with Crippen molar-refractivity contribution in [1.82, 2.24) is 9.78 Å². The van der Waals surface area contributed by atoms with Crippen molar-refractivity contribution < 1.29 is 39.0 Å². The SMILES string of the molecule is COc1ccc(Cc2c(O[C@@H]3O[C@H](CO)[C@@H](O)[C@H](O)[C@H]3O)nn(C(C)C)c2-c2ccc(F)cc2)cc1. The van der Waals surface area contributed by atoms with Crippen molar-refractivity contribution >= 4 is 0 Å². The highest BCUT2D eigenvalue weighted by molar-refractivity contribution is 5.67. The quantitative estimate of drug-likeness (QED) is 0.369. The number of hydrogen-bond acceptors (Lipinski definition) is 8. The zero-order valence-corrected chi connectivity index (χ0v) is 20.3. The summed E-state index contributed by atoms with van der Waals surface area (Å²) in [4.78, 5) is 0. The van der Waals surface area contributed by atoms with Gasteiger partial charge in [0.25, 0.3) is 0 Å². The summed E-state index contributed by atoms with van der Waals surface area (Å²) >= 11 is 0. The molecule has 194 valence electrons. The molecule has 2 aromatic carbocycles. The summed E-state index contributed by atoms with van der Waals surface area (Å²) in [5.74, 6) is 0.472. The highest BCUT2D eigenvalue weighted by Gasteiger charge is 2.45. The van der Waals surface area contributed by atoms with Gasteiger partial charge in [-0.05, 0) is 55.8 Å². The lowest BCUT2D eigenvalue weighted by molar-refractivity contribution is -0.278. The molecule has 2 heterocycles. The van der Waals surface area contributed by atoms with E-state index >= 15 is 0 Å². The first-order chi connectivity index (χ1) is 17.2. The lowest BCUT2D eigenvalue weighted by Gasteiger charge is -2.39. The Morgan fingerprint density at radius 2 is 1.67 bits per heavy atom. The van der Waals surface area contributed by atoms with Crippen LogP contribution in [-0.4, -0.2) is 74.6 Å². The second-order valence-electron chi connectivity index (χ2n) is 9.02. The van der Waals surface area contributed by atoms with Crippen LogP contribution in [0.4, 0.5) is 4.39 Å². The number of aliphatic hydroxyl groups is 4. The first-order valence-corrected chi connectivity index (χ1v) is 11.7. The summed E-state index contributed by atoms with van der Waals surface area (Å²) in [6, 6.07) is 13.4. The van der Waals surface area contributed by atoms with Crippen molar-refractivity contribution in [1.29, 1.82) is 0 Å². The Morgan fingerprint density at radius 1 is 1.00 bits per heavy atom. The largest absolute Gasteiger partial charge is 0.497 e. The van der Waals surface area contributed by atoms with Gasteiger partial charge in [0.05, 0.1) is 19.4 Å². The number of ether oxygens (including phenoxy) is 3. The average Bonchev–Trinajstić information content (AvgIpc) is 3.23. The van der Waals surface area contributed by atoms with Gasteiger partial charge in [-0.15, -0.1) is 5.10 Å². The lowest BCUT2D eigenvalue weighted by Crippen LogP contribution is -2.60. The standard InChI is InChI=1S/C26H31FN2O7/c1-14(2)29-21(16-6-8-17(27)9-7-16)19(12-15-4-10-18(34-3)11-5-15)25(28-29)36-26-24(33)23(32)22(31)20(13-30)35-26/h4-11,14,20,22-24,26,30-33H,12-13H2,1-3H3/t20-,22-,23+,24-,26+/m1/s1. The maximum atomic E-state index is 13.7. The third kappa shape index (κ3) is 5.23. The van der Waals surface area contributed by atoms with E-state index in [1.54, 1.807) is 23.9 Å². The van der Waals surface area contributed by atoms with Gasteiger partial charge in [0.2, 0.25) is 12.2 Å². The Bertz CT molecular complexity index is 1150. The van der Waals surface area contributed by atoms with E-state index in [1.807, 2.05) is 38.1 Å². The van der Waals surface area contributed by atoms with E-state index in [4.69, 9.17) is 14.2 Å². The molecule has 1 fully saturated rings. The molecule has 1 aliphatic rings. The molecule has 0 saturated carbocycles. The molecule has 1 aliphatic heterocycles. The first kappa shape index (κ1) is 26.1.